The van der Waals surface area contributed by atoms with E-state index in [4.69, 9.17) is 8.83 Å². The van der Waals surface area contributed by atoms with E-state index in [0.29, 0.717) is 0 Å². The van der Waals surface area contributed by atoms with Crippen LogP contribution in [0.4, 0.5) is 0 Å². The molecule has 0 fully saturated rings. The third-order valence-electron chi connectivity index (χ3n) is 7.52. The van der Waals surface area contributed by atoms with Gasteiger partial charge in [0.15, 0.2) is 0 Å². The average Bonchev–Trinajstić information content (AvgIpc) is 3.68. The summed E-state index contributed by atoms with van der Waals surface area (Å²) in [6, 6.07) is 12.8. The predicted octanol–water partition coefficient (Wildman–Crippen LogP) is 9.70. The summed E-state index contributed by atoms with van der Waals surface area (Å²) in [6.45, 7) is 8.04. The van der Waals surface area contributed by atoms with Gasteiger partial charge in [-0.25, -0.2) is 0 Å². The lowest BCUT2D eigenvalue weighted by molar-refractivity contribution is 0.563. The molecule has 2 aliphatic rings. The lowest BCUT2D eigenvalue weighted by atomic mass is 9.91. The fourth-order valence-electron chi connectivity index (χ4n) is 5.10. The maximum absolute atomic E-state index is 9.29. The number of thiophene rings is 1. The van der Waals surface area contributed by atoms with Gasteiger partial charge in [0.2, 0.25) is 0 Å². The molecule has 0 radical (unpaired) electrons. The minimum Gasteiger partial charge on any atom is -0.456 e. The van der Waals surface area contributed by atoms with Crippen LogP contribution in [-0.2, 0) is 0 Å². The van der Waals surface area contributed by atoms with E-state index in [1.54, 1.807) is 11.3 Å². The predicted molar refractivity (Wildman–Crippen MR) is 149 cm³/mol. The van der Waals surface area contributed by atoms with Gasteiger partial charge in [-0.2, -0.15) is 10.5 Å². The Labute approximate surface area is 222 Å². The highest BCUT2D eigenvalue weighted by Crippen LogP contribution is 2.44. The van der Waals surface area contributed by atoms with E-state index in [-0.39, 0.29) is 0 Å². The van der Waals surface area contributed by atoms with Crippen LogP contribution in [-0.4, -0.2) is 0 Å². The quantitative estimate of drug-likeness (QED) is 0.330. The van der Waals surface area contributed by atoms with Gasteiger partial charge in [-0.05, 0) is 124 Å². The van der Waals surface area contributed by atoms with Crippen molar-refractivity contribution in [3.05, 3.63) is 81.4 Å². The number of nitrogens with zero attached hydrogens (tertiary/aromatic N) is 2. The Bertz CT molecular complexity index is 1470. The third kappa shape index (κ3) is 4.80. The highest BCUT2D eigenvalue weighted by atomic mass is 32.1. The van der Waals surface area contributed by atoms with Gasteiger partial charge in [0, 0.05) is 11.1 Å². The molecule has 0 spiro atoms. The van der Waals surface area contributed by atoms with Gasteiger partial charge in [0.1, 0.15) is 23.0 Å². The molecule has 5 rings (SSSR count). The minimum atomic E-state index is 0.785. The van der Waals surface area contributed by atoms with Crippen molar-refractivity contribution in [2.24, 2.45) is 0 Å². The van der Waals surface area contributed by atoms with Crippen molar-refractivity contribution in [1.82, 2.24) is 0 Å². The molecule has 0 unspecified atom stereocenters. The summed E-state index contributed by atoms with van der Waals surface area (Å²) >= 11 is 1.70. The molecule has 4 nitrogen and oxygen atoms in total. The van der Waals surface area contributed by atoms with Crippen LogP contribution >= 0.6 is 11.3 Å². The van der Waals surface area contributed by atoms with Crippen molar-refractivity contribution in [1.29, 1.82) is 10.5 Å². The van der Waals surface area contributed by atoms with Crippen molar-refractivity contribution in [2.45, 2.75) is 66.2 Å². The second kappa shape index (κ2) is 10.3. The van der Waals surface area contributed by atoms with E-state index in [2.05, 4.69) is 62.4 Å². The summed E-state index contributed by atoms with van der Waals surface area (Å²) < 4.78 is 12.7. The maximum atomic E-state index is 9.29. The molecule has 5 heteroatoms. The molecule has 0 N–H and O–H groups in total. The SMILES string of the molecule is C/C(C#N)=C1/C=C(c2ccc(-c3sc(-c4ccc(C5=C/C(=C(/C)C#N)CCC5)o4)c(C)c3C)o2)CCC1. The molecule has 2 aliphatic carbocycles. The molecule has 37 heavy (non-hydrogen) atoms. The maximum Gasteiger partial charge on any atom is 0.145 e. The lowest BCUT2D eigenvalue weighted by Crippen LogP contribution is -1.95. The lowest BCUT2D eigenvalue weighted by Gasteiger charge is -2.14. The number of furan rings is 2. The van der Waals surface area contributed by atoms with Crippen molar-refractivity contribution in [2.75, 3.05) is 0 Å². The van der Waals surface area contributed by atoms with E-state index in [0.717, 1.165) is 105 Å². The molecule has 0 saturated carbocycles. The van der Waals surface area contributed by atoms with E-state index < -0.39 is 0 Å². The minimum absolute atomic E-state index is 0.785. The Morgan fingerprint density at radius 2 is 1.08 bits per heavy atom. The molecular weight excluding hydrogens is 476 g/mol. The summed E-state index contributed by atoms with van der Waals surface area (Å²) in [6.07, 6.45) is 10.1. The average molecular weight is 507 g/mol. The van der Waals surface area contributed by atoms with E-state index in [9.17, 15) is 10.5 Å². The number of rotatable bonds is 4. The monoisotopic (exact) mass is 506 g/mol. The van der Waals surface area contributed by atoms with Crippen molar-refractivity contribution in [3.63, 3.8) is 0 Å². The second-order valence-electron chi connectivity index (χ2n) is 9.91. The Hall–Kier alpha value is -3.80. The van der Waals surface area contributed by atoms with Crippen LogP contribution in [0.3, 0.4) is 0 Å². The standard InChI is InChI=1S/C32H30N2O2S/c1-19(17-33)23-7-5-9-25(15-23)27-11-13-29(35-27)31-21(3)22(4)32(37-31)30-14-12-28(36-30)26-10-6-8-24(16-26)20(2)18-34/h11-16H,5-10H2,1-4H3/b23-19-,24-20-. The number of allylic oxidation sites excluding steroid dienone is 8. The molecule has 186 valence electrons. The van der Waals surface area contributed by atoms with Gasteiger partial charge in [-0.3, -0.25) is 0 Å². The van der Waals surface area contributed by atoms with Gasteiger partial charge in [-0.1, -0.05) is 12.2 Å². The van der Waals surface area contributed by atoms with Crippen LogP contribution in [0.25, 0.3) is 32.4 Å². The van der Waals surface area contributed by atoms with E-state index in [1.807, 2.05) is 13.8 Å². The van der Waals surface area contributed by atoms with Crippen molar-refractivity contribution in [3.8, 4) is 33.4 Å². The molecule has 0 saturated heterocycles. The third-order valence-corrected chi connectivity index (χ3v) is 8.94. The zero-order valence-electron chi connectivity index (χ0n) is 21.8. The number of nitriles is 2. The largest absolute Gasteiger partial charge is 0.456 e. The first-order valence-electron chi connectivity index (χ1n) is 12.8. The summed E-state index contributed by atoms with van der Waals surface area (Å²) in [5.41, 5.74) is 8.50. The Balaban J connectivity index is 1.45. The van der Waals surface area contributed by atoms with Gasteiger partial charge < -0.3 is 8.83 Å². The van der Waals surface area contributed by atoms with Gasteiger partial charge in [0.25, 0.3) is 0 Å². The fourth-order valence-corrected chi connectivity index (χ4v) is 6.34. The molecule has 0 atom stereocenters. The fraction of sp³-hybridized carbons (Fsp3) is 0.312. The molecule has 0 bridgehead atoms. The molecule has 3 aromatic heterocycles. The molecule has 0 aromatic carbocycles. The first-order valence-corrected chi connectivity index (χ1v) is 13.6. The smallest absolute Gasteiger partial charge is 0.145 e. The van der Waals surface area contributed by atoms with Gasteiger partial charge in [-0.15, -0.1) is 11.3 Å². The van der Waals surface area contributed by atoms with Crippen LogP contribution in [0, 0.1) is 36.5 Å². The second-order valence-corrected chi connectivity index (χ2v) is 10.9. The Morgan fingerprint density at radius 1 is 0.676 bits per heavy atom. The summed E-state index contributed by atoms with van der Waals surface area (Å²) in [4.78, 5) is 2.23. The first kappa shape index (κ1) is 24.9. The Morgan fingerprint density at radius 3 is 1.49 bits per heavy atom. The Kier molecular flexibility index (Phi) is 6.92. The molecule has 0 aliphatic heterocycles. The topological polar surface area (TPSA) is 73.9 Å². The van der Waals surface area contributed by atoms with Gasteiger partial charge in [0.05, 0.1) is 21.9 Å². The van der Waals surface area contributed by atoms with Crippen LogP contribution in [0.2, 0.25) is 0 Å². The van der Waals surface area contributed by atoms with Crippen LogP contribution < -0.4 is 0 Å². The molecule has 0 amide bonds. The van der Waals surface area contributed by atoms with Gasteiger partial charge >= 0.3 is 0 Å². The summed E-state index contributed by atoms with van der Waals surface area (Å²) in [5.74, 6) is 3.49. The summed E-state index contributed by atoms with van der Waals surface area (Å²) in [7, 11) is 0. The summed E-state index contributed by atoms with van der Waals surface area (Å²) in [5, 5.41) is 18.6. The molecule has 3 heterocycles. The van der Waals surface area contributed by atoms with E-state index in [1.165, 1.54) is 11.1 Å². The highest BCUT2D eigenvalue weighted by Gasteiger charge is 2.22. The zero-order chi connectivity index (χ0) is 26.1. The van der Waals surface area contributed by atoms with Crippen molar-refractivity contribution < 1.29 is 8.83 Å². The zero-order valence-corrected chi connectivity index (χ0v) is 22.6. The highest BCUT2D eigenvalue weighted by molar-refractivity contribution is 7.19. The van der Waals surface area contributed by atoms with Crippen LogP contribution in [0.15, 0.2) is 67.5 Å². The molecule has 3 aromatic rings. The molecular formula is C32H30N2O2S. The number of hydrogen-bond acceptors (Lipinski definition) is 5. The van der Waals surface area contributed by atoms with Crippen LogP contribution in [0.5, 0.6) is 0 Å². The normalized spacial score (nSPS) is 18.5. The first-order chi connectivity index (χ1) is 17.9. The van der Waals surface area contributed by atoms with Crippen molar-refractivity contribution >= 4 is 22.5 Å². The van der Waals surface area contributed by atoms with Crippen LogP contribution in [0.1, 0.15) is 75.0 Å². The van der Waals surface area contributed by atoms with E-state index >= 15 is 0 Å². The number of hydrogen-bond donors (Lipinski definition) is 0.